The van der Waals surface area contributed by atoms with Gasteiger partial charge in [-0.25, -0.2) is 0 Å². The molecule has 5 saturated carbocycles. The summed E-state index contributed by atoms with van der Waals surface area (Å²) in [5, 5.41) is 0. The summed E-state index contributed by atoms with van der Waals surface area (Å²) < 4.78 is 0. The summed E-state index contributed by atoms with van der Waals surface area (Å²) in [6, 6.07) is 0. The zero-order valence-electron chi connectivity index (χ0n) is 7.68. The number of carbonyl (C=O) groups is 1. The van der Waals surface area contributed by atoms with E-state index in [9.17, 15) is 4.79 Å². The molecule has 5 aliphatic carbocycles. The standard InChI is InChI=1S/C10H15NO/c1-8-5-10(7(11)12)6(8)3-4-9(8,10)2/h6H,3-5H2,1-2H3,(H2,11,12). The minimum atomic E-state index is -0.0677. The molecule has 0 spiro atoms. The van der Waals surface area contributed by atoms with Crippen LogP contribution in [0.1, 0.15) is 33.1 Å². The number of rotatable bonds is 1. The van der Waals surface area contributed by atoms with E-state index < -0.39 is 0 Å². The average Bonchev–Trinajstić information content (AvgIpc) is 2.33. The predicted octanol–water partition coefficient (Wildman–Crippen LogP) is 1.30. The molecule has 4 atom stereocenters. The predicted molar refractivity (Wildman–Crippen MR) is 45.2 cm³/mol. The van der Waals surface area contributed by atoms with Gasteiger partial charge in [0, 0.05) is 0 Å². The summed E-state index contributed by atoms with van der Waals surface area (Å²) in [6.45, 7) is 4.58. The Bertz CT molecular complexity index is 300. The third-order valence-electron chi connectivity index (χ3n) is 5.63. The maximum atomic E-state index is 11.4. The van der Waals surface area contributed by atoms with Crippen molar-refractivity contribution >= 4 is 5.91 Å². The van der Waals surface area contributed by atoms with Gasteiger partial charge >= 0.3 is 0 Å². The van der Waals surface area contributed by atoms with Crippen LogP contribution in [0, 0.1) is 22.2 Å². The summed E-state index contributed by atoms with van der Waals surface area (Å²) in [5.41, 5.74) is 6.18. The Balaban J connectivity index is 2.12. The van der Waals surface area contributed by atoms with Crippen molar-refractivity contribution < 1.29 is 4.79 Å². The zero-order chi connectivity index (χ0) is 8.78. The second-order valence-electron chi connectivity index (χ2n) is 5.35. The summed E-state index contributed by atoms with van der Waals surface area (Å²) in [7, 11) is 0. The maximum absolute atomic E-state index is 11.4. The van der Waals surface area contributed by atoms with Gasteiger partial charge in [0.25, 0.3) is 0 Å². The van der Waals surface area contributed by atoms with E-state index >= 15 is 0 Å². The maximum Gasteiger partial charge on any atom is 0.224 e. The fourth-order valence-electron chi connectivity index (χ4n) is 4.76. The van der Waals surface area contributed by atoms with E-state index in [2.05, 4.69) is 13.8 Å². The topological polar surface area (TPSA) is 43.1 Å². The fourth-order valence-corrected chi connectivity index (χ4v) is 4.76. The molecule has 0 aromatic heterocycles. The van der Waals surface area contributed by atoms with E-state index in [0.717, 1.165) is 6.42 Å². The van der Waals surface area contributed by atoms with Crippen molar-refractivity contribution in [3.05, 3.63) is 0 Å². The van der Waals surface area contributed by atoms with E-state index in [1.54, 1.807) is 0 Å². The van der Waals surface area contributed by atoms with Crippen molar-refractivity contribution in [1.82, 2.24) is 0 Å². The van der Waals surface area contributed by atoms with Crippen molar-refractivity contribution in [2.45, 2.75) is 33.1 Å². The van der Waals surface area contributed by atoms with Crippen LogP contribution in [0.25, 0.3) is 0 Å². The van der Waals surface area contributed by atoms with Gasteiger partial charge in [0.15, 0.2) is 0 Å². The molecule has 2 heteroatoms. The first-order valence-corrected chi connectivity index (χ1v) is 4.79. The lowest BCUT2D eigenvalue weighted by Gasteiger charge is -2.81. The van der Waals surface area contributed by atoms with Crippen LogP contribution in [-0.2, 0) is 4.79 Å². The normalized spacial score (nSPS) is 65.3. The van der Waals surface area contributed by atoms with Crippen molar-refractivity contribution in [3.63, 3.8) is 0 Å². The monoisotopic (exact) mass is 165 g/mol. The van der Waals surface area contributed by atoms with Gasteiger partial charge in [-0.2, -0.15) is 0 Å². The van der Waals surface area contributed by atoms with E-state index in [-0.39, 0.29) is 16.7 Å². The van der Waals surface area contributed by atoms with Crippen LogP contribution in [0.2, 0.25) is 0 Å². The van der Waals surface area contributed by atoms with Crippen LogP contribution in [0.3, 0.4) is 0 Å². The summed E-state index contributed by atoms with van der Waals surface area (Å²) >= 11 is 0. The van der Waals surface area contributed by atoms with Gasteiger partial charge in [-0.05, 0) is 36.0 Å². The highest BCUT2D eigenvalue weighted by Gasteiger charge is 2.91. The fraction of sp³-hybridized carbons (Fsp3) is 0.900. The van der Waals surface area contributed by atoms with Crippen LogP contribution < -0.4 is 5.73 Å². The van der Waals surface area contributed by atoms with E-state index in [1.807, 2.05) is 0 Å². The van der Waals surface area contributed by atoms with Crippen molar-refractivity contribution in [2.24, 2.45) is 27.9 Å². The van der Waals surface area contributed by atoms with Crippen LogP contribution in [0.15, 0.2) is 0 Å². The van der Waals surface area contributed by atoms with Crippen LogP contribution >= 0.6 is 0 Å². The van der Waals surface area contributed by atoms with Gasteiger partial charge in [0.05, 0.1) is 5.41 Å². The van der Waals surface area contributed by atoms with E-state index in [4.69, 9.17) is 5.73 Å². The largest absolute Gasteiger partial charge is 0.369 e. The van der Waals surface area contributed by atoms with Gasteiger partial charge in [-0.1, -0.05) is 13.8 Å². The molecular weight excluding hydrogens is 150 g/mol. The minimum absolute atomic E-state index is 0.0313. The van der Waals surface area contributed by atoms with Gasteiger partial charge < -0.3 is 5.73 Å². The van der Waals surface area contributed by atoms with Crippen molar-refractivity contribution in [2.75, 3.05) is 0 Å². The van der Waals surface area contributed by atoms with Crippen molar-refractivity contribution in [1.29, 1.82) is 0 Å². The molecule has 5 fully saturated rings. The Kier molecular flexibility index (Phi) is 0.774. The summed E-state index contributed by atoms with van der Waals surface area (Å²) in [5.74, 6) is 0.601. The van der Waals surface area contributed by atoms with Crippen LogP contribution in [-0.4, -0.2) is 5.91 Å². The molecule has 4 unspecified atom stereocenters. The molecule has 0 radical (unpaired) electrons. The van der Waals surface area contributed by atoms with E-state index in [1.165, 1.54) is 12.8 Å². The molecule has 4 bridgehead atoms. The molecular formula is C10H15NO. The lowest BCUT2D eigenvalue weighted by atomic mass is 9.21. The summed E-state index contributed by atoms with van der Waals surface area (Å²) in [6.07, 6.45) is 3.52. The number of fused-ring (bicyclic) bond motifs is 1. The highest BCUT2D eigenvalue weighted by molar-refractivity contribution is 5.88. The molecule has 0 heterocycles. The Morgan fingerprint density at radius 2 is 2.17 bits per heavy atom. The quantitative estimate of drug-likeness (QED) is 0.625. The highest BCUT2D eigenvalue weighted by Crippen LogP contribution is 2.93. The molecule has 2 N–H and O–H groups in total. The Morgan fingerprint density at radius 1 is 1.50 bits per heavy atom. The van der Waals surface area contributed by atoms with Crippen LogP contribution in [0.5, 0.6) is 0 Å². The Morgan fingerprint density at radius 3 is 2.42 bits per heavy atom. The number of amides is 1. The first-order chi connectivity index (χ1) is 5.49. The third-order valence-corrected chi connectivity index (χ3v) is 5.63. The molecule has 0 aliphatic heterocycles. The molecule has 66 valence electrons. The molecule has 5 rings (SSSR count). The number of carbonyl (C=O) groups excluding carboxylic acids is 1. The number of hydrogen-bond donors (Lipinski definition) is 1. The average molecular weight is 165 g/mol. The highest BCUT2D eigenvalue weighted by atomic mass is 16.1. The first-order valence-electron chi connectivity index (χ1n) is 4.79. The Hall–Kier alpha value is -0.530. The second kappa shape index (κ2) is 1.34. The third kappa shape index (κ3) is 0.301. The van der Waals surface area contributed by atoms with Gasteiger partial charge in [-0.15, -0.1) is 0 Å². The molecule has 0 saturated heterocycles. The number of nitrogens with two attached hydrogens (primary N) is 1. The molecule has 1 amide bonds. The number of primary amides is 1. The van der Waals surface area contributed by atoms with Gasteiger partial charge in [0.1, 0.15) is 0 Å². The van der Waals surface area contributed by atoms with Crippen molar-refractivity contribution in [3.8, 4) is 0 Å². The van der Waals surface area contributed by atoms with E-state index in [0.29, 0.717) is 11.3 Å². The smallest absolute Gasteiger partial charge is 0.224 e. The minimum Gasteiger partial charge on any atom is -0.369 e. The molecule has 5 aliphatic rings. The molecule has 2 nitrogen and oxygen atoms in total. The lowest BCUT2D eigenvalue weighted by Crippen LogP contribution is -2.81. The first kappa shape index (κ1) is 6.93. The number of hydrogen-bond acceptors (Lipinski definition) is 1. The summed E-state index contributed by atoms with van der Waals surface area (Å²) in [4.78, 5) is 11.4. The van der Waals surface area contributed by atoms with Gasteiger partial charge in [-0.3, -0.25) is 4.79 Å². The van der Waals surface area contributed by atoms with Crippen LogP contribution in [0.4, 0.5) is 0 Å². The van der Waals surface area contributed by atoms with Gasteiger partial charge in [0.2, 0.25) is 5.91 Å². The zero-order valence-corrected chi connectivity index (χ0v) is 7.68. The Labute approximate surface area is 72.5 Å². The second-order valence-corrected chi connectivity index (χ2v) is 5.35. The molecule has 0 aromatic rings. The SMILES string of the molecule is CC12CC3(C(N)=O)C1CCC23C. The lowest BCUT2D eigenvalue weighted by molar-refractivity contribution is -0.327. The molecule has 12 heavy (non-hydrogen) atoms. The molecule has 0 aromatic carbocycles.